The second-order valence-corrected chi connectivity index (χ2v) is 10.1. The standard InChI is InChI=1S/C31H36N2O5/c1-21-13-15-25(16-14-21)38-31(36)32(4)18-29-22(2)17-33(23(3)19-34)30(35)28-12-8-7-11-27(28)26-10-6-5-9-24(26)20-37-29/h5-16,22-23,29,34H,17-20H2,1-4H3/t22-,23+,29+/m0/s1. The minimum absolute atomic E-state index is 0.139. The molecule has 1 N–H and O–H groups in total. The molecule has 0 aliphatic carbocycles. The molecule has 38 heavy (non-hydrogen) atoms. The molecule has 1 aliphatic rings. The van der Waals surface area contributed by atoms with E-state index in [-0.39, 0.29) is 37.1 Å². The van der Waals surface area contributed by atoms with Crippen molar-refractivity contribution < 1.29 is 24.2 Å². The second-order valence-electron chi connectivity index (χ2n) is 10.1. The smallest absolute Gasteiger partial charge is 0.410 e. The Kier molecular flexibility index (Phi) is 8.81. The van der Waals surface area contributed by atoms with Crippen molar-refractivity contribution in [2.75, 3.05) is 26.7 Å². The lowest BCUT2D eigenvalue weighted by Gasteiger charge is -2.35. The number of nitrogens with zero attached hydrogens (tertiary/aromatic N) is 2. The van der Waals surface area contributed by atoms with Gasteiger partial charge >= 0.3 is 6.09 Å². The number of aliphatic hydroxyl groups excluding tert-OH is 1. The first-order chi connectivity index (χ1) is 18.3. The quantitative estimate of drug-likeness (QED) is 0.507. The van der Waals surface area contributed by atoms with Crippen LogP contribution in [0.5, 0.6) is 5.75 Å². The highest BCUT2D eigenvalue weighted by atomic mass is 16.6. The summed E-state index contributed by atoms with van der Waals surface area (Å²) >= 11 is 0. The van der Waals surface area contributed by atoms with Gasteiger partial charge in [-0.15, -0.1) is 0 Å². The second kappa shape index (κ2) is 12.2. The summed E-state index contributed by atoms with van der Waals surface area (Å²) in [6, 6.07) is 22.4. The van der Waals surface area contributed by atoms with Gasteiger partial charge in [0.05, 0.1) is 31.9 Å². The number of carbonyl (C=O) groups is 2. The average Bonchev–Trinajstić information content (AvgIpc) is 2.95. The van der Waals surface area contributed by atoms with Crippen molar-refractivity contribution >= 4 is 12.0 Å². The van der Waals surface area contributed by atoms with Crippen molar-refractivity contribution in [1.29, 1.82) is 0 Å². The molecular weight excluding hydrogens is 480 g/mol. The molecule has 3 atom stereocenters. The molecule has 200 valence electrons. The minimum Gasteiger partial charge on any atom is -0.410 e. The van der Waals surface area contributed by atoms with Crippen LogP contribution in [0.1, 0.15) is 35.3 Å². The molecule has 0 bridgehead atoms. The van der Waals surface area contributed by atoms with Gasteiger partial charge in [0.15, 0.2) is 0 Å². The minimum atomic E-state index is -0.483. The summed E-state index contributed by atoms with van der Waals surface area (Å²) in [6.07, 6.45) is -0.871. The fourth-order valence-corrected chi connectivity index (χ4v) is 4.68. The van der Waals surface area contributed by atoms with Crippen molar-refractivity contribution in [2.45, 2.75) is 39.5 Å². The predicted octanol–water partition coefficient (Wildman–Crippen LogP) is 5.15. The third-order valence-electron chi connectivity index (χ3n) is 7.09. The van der Waals surface area contributed by atoms with Crippen molar-refractivity contribution in [3.8, 4) is 16.9 Å². The average molecular weight is 517 g/mol. The molecular formula is C31H36N2O5. The Bertz CT molecular complexity index is 1260. The first-order valence-electron chi connectivity index (χ1n) is 13.0. The van der Waals surface area contributed by atoms with Gasteiger partial charge in [0.1, 0.15) is 5.75 Å². The monoisotopic (exact) mass is 516 g/mol. The highest BCUT2D eigenvalue weighted by molar-refractivity contribution is 6.01. The van der Waals surface area contributed by atoms with Gasteiger partial charge in [0.2, 0.25) is 0 Å². The van der Waals surface area contributed by atoms with Crippen LogP contribution in [-0.2, 0) is 11.3 Å². The normalized spacial score (nSPS) is 18.6. The maximum Gasteiger partial charge on any atom is 0.415 e. The van der Waals surface area contributed by atoms with Crippen LogP contribution in [-0.4, -0.2) is 65.8 Å². The number of likely N-dealkylation sites (N-methyl/N-ethyl adjacent to an activating group) is 1. The molecule has 0 unspecified atom stereocenters. The number of rotatable bonds is 5. The van der Waals surface area contributed by atoms with Gasteiger partial charge in [-0.2, -0.15) is 0 Å². The number of aryl methyl sites for hydroxylation is 1. The zero-order valence-corrected chi connectivity index (χ0v) is 22.5. The van der Waals surface area contributed by atoms with Crippen LogP contribution in [0.15, 0.2) is 72.8 Å². The first kappa shape index (κ1) is 27.4. The van der Waals surface area contributed by atoms with E-state index in [0.29, 0.717) is 24.5 Å². The van der Waals surface area contributed by atoms with Crippen molar-refractivity contribution in [3.63, 3.8) is 0 Å². The number of benzene rings is 3. The SMILES string of the molecule is Cc1ccc(OC(=O)N(C)C[C@H]2OCc3ccccc3-c3ccccc3C(=O)N([C@H](C)CO)C[C@@H]2C)cc1. The van der Waals surface area contributed by atoms with Gasteiger partial charge in [-0.25, -0.2) is 4.79 Å². The van der Waals surface area contributed by atoms with Crippen LogP contribution in [0.3, 0.4) is 0 Å². The molecule has 7 nitrogen and oxygen atoms in total. The van der Waals surface area contributed by atoms with Crippen LogP contribution >= 0.6 is 0 Å². The van der Waals surface area contributed by atoms with Gasteiger partial charge in [0, 0.05) is 25.1 Å². The van der Waals surface area contributed by atoms with Gasteiger partial charge in [-0.3, -0.25) is 4.79 Å². The fraction of sp³-hybridized carbons (Fsp3) is 0.355. The van der Waals surface area contributed by atoms with Crippen LogP contribution in [0.4, 0.5) is 4.79 Å². The Morgan fingerprint density at radius 3 is 2.37 bits per heavy atom. The number of hydrogen-bond acceptors (Lipinski definition) is 5. The first-order valence-corrected chi connectivity index (χ1v) is 13.0. The summed E-state index contributed by atoms with van der Waals surface area (Å²) in [4.78, 5) is 30.0. The molecule has 7 heteroatoms. The van der Waals surface area contributed by atoms with E-state index in [1.54, 1.807) is 24.1 Å². The Hall–Kier alpha value is -3.68. The lowest BCUT2D eigenvalue weighted by Crippen LogP contribution is -2.47. The molecule has 0 saturated carbocycles. The fourth-order valence-electron chi connectivity index (χ4n) is 4.68. The van der Waals surface area contributed by atoms with Crippen molar-refractivity contribution in [1.82, 2.24) is 9.80 Å². The number of hydrogen-bond donors (Lipinski definition) is 1. The molecule has 1 heterocycles. The lowest BCUT2D eigenvalue weighted by atomic mass is 9.94. The Labute approximate surface area is 224 Å². The highest BCUT2D eigenvalue weighted by Crippen LogP contribution is 2.31. The molecule has 3 aromatic carbocycles. The third kappa shape index (κ3) is 6.23. The maximum absolute atomic E-state index is 13.9. The van der Waals surface area contributed by atoms with Crippen LogP contribution in [0.2, 0.25) is 0 Å². The van der Waals surface area contributed by atoms with Crippen LogP contribution in [0.25, 0.3) is 11.1 Å². The molecule has 0 spiro atoms. The van der Waals surface area contributed by atoms with Crippen LogP contribution < -0.4 is 4.74 Å². The van der Waals surface area contributed by atoms with Crippen molar-refractivity contribution in [2.24, 2.45) is 5.92 Å². The molecule has 4 rings (SSSR count). The molecule has 3 aromatic rings. The number of aliphatic hydroxyl groups is 1. The predicted molar refractivity (Wildman–Crippen MR) is 147 cm³/mol. The summed E-state index contributed by atoms with van der Waals surface area (Å²) < 4.78 is 12.0. The highest BCUT2D eigenvalue weighted by Gasteiger charge is 2.31. The molecule has 2 amide bonds. The largest absolute Gasteiger partial charge is 0.415 e. The Morgan fingerprint density at radius 2 is 1.68 bits per heavy atom. The van der Waals surface area contributed by atoms with Gasteiger partial charge in [0.25, 0.3) is 5.91 Å². The van der Waals surface area contributed by atoms with E-state index in [9.17, 15) is 14.7 Å². The lowest BCUT2D eigenvalue weighted by molar-refractivity contribution is -0.0205. The zero-order chi connectivity index (χ0) is 27.2. The van der Waals surface area contributed by atoms with Gasteiger partial charge < -0.3 is 24.4 Å². The molecule has 0 radical (unpaired) electrons. The summed E-state index contributed by atoms with van der Waals surface area (Å²) in [5.74, 6) is 0.195. The van der Waals surface area contributed by atoms with Gasteiger partial charge in [-0.05, 0) is 48.7 Å². The van der Waals surface area contributed by atoms with E-state index in [0.717, 1.165) is 22.3 Å². The van der Waals surface area contributed by atoms with E-state index in [1.165, 1.54) is 4.90 Å². The maximum atomic E-state index is 13.9. The van der Waals surface area contributed by atoms with Crippen molar-refractivity contribution in [3.05, 3.63) is 89.5 Å². The number of carbonyl (C=O) groups excluding carboxylic acids is 2. The summed E-state index contributed by atoms with van der Waals surface area (Å²) in [6.45, 7) is 6.61. The summed E-state index contributed by atoms with van der Waals surface area (Å²) in [7, 11) is 1.68. The van der Waals surface area contributed by atoms with Gasteiger partial charge in [-0.1, -0.05) is 67.1 Å². The molecule has 0 aromatic heterocycles. The van der Waals surface area contributed by atoms with Crippen LogP contribution in [0, 0.1) is 12.8 Å². The van der Waals surface area contributed by atoms with E-state index in [4.69, 9.17) is 9.47 Å². The van der Waals surface area contributed by atoms with E-state index < -0.39 is 6.09 Å². The molecule has 0 saturated heterocycles. The summed E-state index contributed by atoms with van der Waals surface area (Å²) in [5.41, 5.74) is 4.38. The van der Waals surface area contributed by atoms with E-state index >= 15 is 0 Å². The van der Waals surface area contributed by atoms with E-state index in [2.05, 4.69) is 0 Å². The number of ether oxygens (including phenoxy) is 2. The Balaban J connectivity index is 1.64. The topological polar surface area (TPSA) is 79.3 Å². The summed E-state index contributed by atoms with van der Waals surface area (Å²) in [5, 5.41) is 9.99. The van der Waals surface area contributed by atoms with E-state index in [1.807, 2.05) is 81.4 Å². The molecule has 0 fully saturated rings. The molecule has 1 aliphatic heterocycles. The number of fused-ring (bicyclic) bond motifs is 3. The third-order valence-corrected chi connectivity index (χ3v) is 7.09. The number of amides is 2. The zero-order valence-electron chi connectivity index (χ0n) is 22.5. The Morgan fingerprint density at radius 1 is 1.05 bits per heavy atom.